The Morgan fingerprint density at radius 2 is 1.48 bits per heavy atom. The van der Waals surface area contributed by atoms with Gasteiger partial charge in [-0.3, -0.25) is 0 Å². The van der Waals surface area contributed by atoms with Gasteiger partial charge in [0.05, 0.1) is 6.61 Å². The molecule has 2 aromatic rings. The first-order valence-corrected chi connectivity index (χ1v) is 12.3. The van der Waals surface area contributed by atoms with Gasteiger partial charge in [-0.15, -0.1) is 0 Å². The molecule has 1 nitrogen and oxygen atoms in total. The maximum atomic E-state index is 14.6. The highest BCUT2D eigenvalue weighted by molar-refractivity contribution is 5.65. The lowest BCUT2D eigenvalue weighted by Crippen LogP contribution is -2.13. The monoisotopic (exact) mass is 428 g/mol. The summed E-state index contributed by atoms with van der Waals surface area (Å²) in [4.78, 5) is 0. The summed E-state index contributed by atoms with van der Waals surface area (Å²) in [5, 5.41) is 0. The number of ether oxygens (including phenoxy) is 1. The van der Waals surface area contributed by atoms with Crippen LogP contribution in [0.1, 0.15) is 96.0 Å². The summed E-state index contributed by atoms with van der Waals surface area (Å²) >= 11 is 0. The summed E-state index contributed by atoms with van der Waals surface area (Å²) in [6.45, 7) is 4.58. The van der Waals surface area contributed by atoms with Gasteiger partial charge in [0.15, 0.2) is 11.6 Å². The lowest BCUT2D eigenvalue weighted by Gasteiger charge is -2.29. The first kappa shape index (κ1) is 23.8. The number of hydrogen-bond acceptors (Lipinski definition) is 1. The fourth-order valence-corrected chi connectivity index (χ4v) is 4.83. The standard InChI is InChI=1S/C28H38F2O/c1-3-5-6-7-8-9-21-10-12-22(13-11-21)23-14-16-24(17-15-23)25-18-19-26(31-20-4-2)28(30)27(25)29/h14-19,21-22H,3-13,20H2,1-2H3. The molecule has 0 atom stereocenters. The third-order valence-electron chi connectivity index (χ3n) is 6.76. The van der Waals surface area contributed by atoms with Crippen molar-refractivity contribution in [2.24, 2.45) is 5.92 Å². The topological polar surface area (TPSA) is 9.23 Å². The number of benzene rings is 2. The van der Waals surface area contributed by atoms with E-state index in [9.17, 15) is 8.78 Å². The Labute approximate surface area is 187 Å². The van der Waals surface area contributed by atoms with Crippen molar-refractivity contribution in [1.82, 2.24) is 0 Å². The lowest BCUT2D eigenvalue weighted by molar-refractivity contribution is 0.295. The highest BCUT2D eigenvalue weighted by Crippen LogP contribution is 2.38. The van der Waals surface area contributed by atoms with Crippen LogP contribution in [0.25, 0.3) is 11.1 Å². The summed E-state index contributed by atoms with van der Waals surface area (Å²) in [6, 6.07) is 11.2. The number of unbranched alkanes of at least 4 members (excludes halogenated alkanes) is 4. The van der Waals surface area contributed by atoms with E-state index < -0.39 is 11.6 Å². The molecule has 0 spiro atoms. The molecule has 0 radical (unpaired) electrons. The van der Waals surface area contributed by atoms with Gasteiger partial charge in [0.25, 0.3) is 0 Å². The van der Waals surface area contributed by atoms with E-state index in [0.717, 1.165) is 12.3 Å². The molecule has 0 bridgehead atoms. The van der Waals surface area contributed by atoms with Crippen LogP contribution in [0, 0.1) is 17.6 Å². The van der Waals surface area contributed by atoms with E-state index in [-0.39, 0.29) is 5.75 Å². The minimum atomic E-state index is -0.900. The predicted octanol–water partition coefficient (Wildman–Crippen LogP) is 9.05. The van der Waals surface area contributed by atoms with Crippen LogP contribution in [0.4, 0.5) is 8.78 Å². The van der Waals surface area contributed by atoms with Crippen LogP contribution in [0.5, 0.6) is 5.75 Å². The van der Waals surface area contributed by atoms with E-state index in [2.05, 4.69) is 19.1 Å². The SMILES string of the molecule is CCCCCCCC1CCC(c2ccc(-c3ccc(OCCC)c(F)c3F)cc2)CC1. The predicted molar refractivity (Wildman–Crippen MR) is 126 cm³/mol. The van der Waals surface area contributed by atoms with E-state index >= 15 is 0 Å². The zero-order chi connectivity index (χ0) is 22.1. The van der Waals surface area contributed by atoms with Crippen molar-refractivity contribution in [1.29, 1.82) is 0 Å². The number of hydrogen-bond donors (Lipinski definition) is 0. The van der Waals surface area contributed by atoms with Crippen LogP contribution < -0.4 is 4.74 Å². The molecule has 0 N–H and O–H groups in total. The molecule has 3 heteroatoms. The van der Waals surface area contributed by atoms with Gasteiger partial charge < -0.3 is 4.74 Å². The maximum Gasteiger partial charge on any atom is 0.201 e. The van der Waals surface area contributed by atoms with Crippen molar-refractivity contribution in [2.75, 3.05) is 6.61 Å². The molecule has 0 amide bonds. The molecule has 0 saturated heterocycles. The molecule has 0 unspecified atom stereocenters. The molecule has 3 rings (SSSR count). The van der Waals surface area contributed by atoms with Gasteiger partial charge in [0.2, 0.25) is 5.82 Å². The second-order valence-corrected chi connectivity index (χ2v) is 9.13. The maximum absolute atomic E-state index is 14.6. The minimum absolute atomic E-state index is 0.0122. The molecule has 1 aliphatic carbocycles. The third kappa shape index (κ3) is 6.54. The van der Waals surface area contributed by atoms with E-state index in [0.29, 0.717) is 23.7 Å². The van der Waals surface area contributed by atoms with Gasteiger partial charge in [-0.2, -0.15) is 4.39 Å². The Bertz CT molecular complexity index is 791. The molecule has 170 valence electrons. The first-order chi connectivity index (χ1) is 15.1. The molecule has 1 aliphatic rings. The van der Waals surface area contributed by atoms with E-state index in [4.69, 9.17) is 4.74 Å². The molecule has 31 heavy (non-hydrogen) atoms. The number of halogens is 2. The van der Waals surface area contributed by atoms with Gasteiger partial charge in [-0.05, 0) is 67.2 Å². The third-order valence-corrected chi connectivity index (χ3v) is 6.76. The van der Waals surface area contributed by atoms with Crippen molar-refractivity contribution in [2.45, 2.75) is 90.4 Å². The Hall–Kier alpha value is -1.90. The zero-order valence-corrected chi connectivity index (χ0v) is 19.3. The van der Waals surface area contributed by atoms with Gasteiger partial charge in [0, 0.05) is 5.56 Å². The van der Waals surface area contributed by atoms with Gasteiger partial charge >= 0.3 is 0 Å². The smallest absolute Gasteiger partial charge is 0.201 e. The summed E-state index contributed by atoms with van der Waals surface area (Å²) in [7, 11) is 0. The normalized spacial score (nSPS) is 18.8. The molecular weight excluding hydrogens is 390 g/mol. The quantitative estimate of drug-likeness (QED) is 0.324. The summed E-state index contributed by atoms with van der Waals surface area (Å²) < 4.78 is 34.2. The highest BCUT2D eigenvalue weighted by Gasteiger charge is 2.22. The molecular formula is C28H38F2O. The molecule has 2 aromatic carbocycles. The minimum Gasteiger partial charge on any atom is -0.490 e. The average molecular weight is 429 g/mol. The second-order valence-electron chi connectivity index (χ2n) is 9.13. The van der Waals surface area contributed by atoms with Crippen molar-refractivity contribution in [3.05, 3.63) is 53.6 Å². The Kier molecular flexibility index (Phi) is 9.36. The van der Waals surface area contributed by atoms with Crippen LogP contribution in [-0.2, 0) is 0 Å². The number of rotatable bonds is 11. The Balaban J connectivity index is 1.55. The van der Waals surface area contributed by atoms with Crippen LogP contribution in [0.2, 0.25) is 0 Å². The van der Waals surface area contributed by atoms with Crippen LogP contribution in [0.15, 0.2) is 36.4 Å². The molecule has 1 fully saturated rings. The second kappa shape index (κ2) is 12.2. The van der Waals surface area contributed by atoms with Gasteiger partial charge in [-0.25, -0.2) is 4.39 Å². The molecule has 0 heterocycles. The van der Waals surface area contributed by atoms with Crippen LogP contribution >= 0.6 is 0 Å². The van der Waals surface area contributed by atoms with Crippen LogP contribution in [-0.4, -0.2) is 6.61 Å². The summed E-state index contributed by atoms with van der Waals surface area (Å²) in [5.74, 6) is -0.259. The Morgan fingerprint density at radius 3 is 2.16 bits per heavy atom. The van der Waals surface area contributed by atoms with Crippen molar-refractivity contribution in [3.63, 3.8) is 0 Å². The largest absolute Gasteiger partial charge is 0.490 e. The zero-order valence-electron chi connectivity index (χ0n) is 19.3. The molecule has 0 aromatic heterocycles. The van der Waals surface area contributed by atoms with E-state index in [1.807, 2.05) is 19.1 Å². The lowest BCUT2D eigenvalue weighted by atomic mass is 9.77. The fraction of sp³-hybridized carbons (Fsp3) is 0.571. The van der Waals surface area contributed by atoms with Crippen LogP contribution in [0.3, 0.4) is 0 Å². The van der Waals surface area contributed by atoms with E-state index in [1.54, 1.807) is 6.07 Å². The van der Waals surface area contributed by atoms with Crippen molar-refractivity contribution < 1.29 is 13.5 Å². The fourth-order valence-electron chi connectivity index (χ4n) is 4.83. The molecule has 0 aliphatic heterocycles. The summed E-state index contributed by atoms with van der Waals surface area (Å²) in [6.07, 6.45) is 14.1. The molecule has 1 saturated carbocycles. The first-order valence-electron chi connectivity index (χ1n) is 12.3. The Morgan fingerprint density at radius 1 is 0.774 bits per heavy atom. The summed E-state index contributed by atoms with van der Waals surface area (Å²) in [5.41, 5.74) is 2.33. The van der Waals surface area contributed by atoms with Gasteiger partial charge in [0.1, 0.15) is 0 Å². The highest BCUT2D eigenvalue weighted by atomic mass is 19.2. The van der Waals surface area contributed by atoms with E-state index in [1.165, 1.54) is 75.8 Å². The van der Waals surface area contributed by atoms with Gasteiger partial charge in [-0.1, -0.05) is 76.6 Å². The average Bonchev–Trinajstić information content (AvgIpc) is 2.80. The van der Waals surface area contributed by atoms with Crippen molar-refractivity contribution >= 4 is 0 Å². The van der Waals surface area contributed by atoms with Crippen molar-refractivity contribution in [3.8, 4) is 16.9 Å².